The van der Waals surface area contributed by atoms with Crippen LogP contribution in [-0.4, -0.2) is 43.3 Å². The van der Waals surface area contributed by atoms with Crippen LogP contribution in [0.1, 0.15) is 97.4 Å². The zero-order valence-electron chi connectivity index (χ0n) is 26.6. The second kappa shape index (κ2) is 13.0. The van der Waals surface area contributed by atoms with Gasteiger partial charge in [0.05, 0.1) is 22.8 Å². The zero-order valence-corrected chi connectivity index (χ0v) is 26.6. The van der Waals surface area contributed by atoms with Crippen LogP contribution in [0.2, 0.25) is 0 Å². The Morgan fingerprint density at radius 3 is 1.73 bits per heavy atom. The number of aliphatic carboxylic acids is 1. The van der Waals surface area contributed by atoms with E-state index < -0.39 is 5.97 Å². The summed E-state index contributed by atoms with van der Waals surface area (Å²) in [6, 6.07) is 8.09. The number of aryl methyl sites for hydroxylation is 2. The number of rotatable bonds is 11. The van der Waals surface area contributed by atoms with Gasteiger partial charge in [-0.2, -0.15) is 0 Å². The van der Waals surface area contributed by atoms with Gasteiger partial charge in [0, 0.05) is 52.5 Å². The fraction of sp³-hybridized carbons (Fsp3) is 0.297. The maximum absolute atomic E-state index is 12.7. The average molecular weight is 604 g/mol. The van der Waals surface area contributed by atoms with Gasteiger partial charge < -0.3 is 20.8 Å². The predicted molar refractivity (Wildman–Crippen MR) is 185 cm³/mol. The summed E-state index contributed by atoms with van der Waals surface area (Å²) < 4.78 is 0. The fourth-order valence-corrected chi connectivity index (χ4v) is 6.22. The topological polar surface area (TPSA) is 138 Å². The molecule has 0 unspecified atom stereocenters. The first-order chi connectivity index (χ1) is 21.6. The molecule has 0 atom stereocenters. The molecule has 8 heteroatoms. The van der Waals surface area contributed by atoms with Gasteiger partial charge in [0.1, 0.15) is 5.78 Å². The Bertz CT molecular complexity index is 1970. The summed E-state index contributed by atoms with van der Waals surface area (Å²) in [7, 11) is 0. The van der Waals surface area contributed by atoms with Crippen molar-refractivity contribution in [2.24, 2.45) is 5.73 Å². The average Bonchev–Trinajstić information content (AvgIpc) is 3.66. The van der Waals surface area contributed by atoms with E-state index in [2.05, 4.69) is 43.0 Å². The minimum absolute atomic E-state index is 0.0136. The van der Waals surface area contributed by atoms with Crippen molar-refractivity contribution in [2.75, 3.05) is 6.54 Å². The molecule has 2 aliphatic heterocycles. The Morgan fingerprint density at radius 2 is 1.22 bits per heavy atom. The predicted octanol–water partition coefficient (Wildman–Crippen LogP) is 8.03. The Labute approximate surface area is 263 Å². The van der Waals surface area contributed by atoms with Crippen molar-refractivity contribution < 1.29 is 14.7 Å². The number of nitrogens with zero attached hydrogens (tertiary/aromatic N) is 2. The smallest absolute Gasteiger partial charge is 0.303 e. The lowest BCUT2D eigenvalue weighted by Gasteiger charge is -2.06. The molecule has 0 spiro atoms. The maximum Gasteiger partial charge on any atom is 0.303 e. The van der Waals surface area contributed by atoms with Crippen molar-refractivity contribution in [1.29, 1.82) is 0 Å². The number of H-pyrrole nitrogens is 2. The number of nitrogens with one attached hydrogen (secondary N) is 2. The first-order valence-corrected chi connectivity index (χ1v) is 15.4. The van der Waals surface area contributed by atoms with Crippen LogP contribution in [0.4, 0.5) is 0 Å². The van der Waals surface area contributed by atoms with Crippen LogP contribution in [-0.2, 0) is 9.59 Å². The molecule has 232 valence electrons. The number of ketones is 1. The van der Waals surface area contributed by atoms with Crippen molar-refractivity contribution >= 4 is 68.3 Å². The number of hydrogen-bond acceptors (Lipinski definition) is 5. The van der Waals surface area contributed by atoms with Crippen LogP contribution >= 0.6 is 0 Å². The molecule has 8 bridgehead atoms. The molecule has 0 saturated heterocycles. The van der Waals surface area contributed by atoms with Gasteiger partial charge in [0.2, 0.25) is 0 Å². The van der Waals surface area contributed by atoms with E-state index in [0.717, 1.165) is 83.7 Å². The highest BCUT2D eigenvalue weighted by atomic mass is 16.4. The molecule has 5 heterocycles. The van der Waals surface area contributed by atoms with E-state index in [0.29, 0.717) is 44.3 Å². The van der Waals surface area contributed by atoms with Gasteiger partial charge in [-0.25, -0.2) is 9.97 Å². The SMILES string of the molecule is C=Cc1c(C)c2cc3[nH]c(cc4nc(cc5nc(cc1[nH]2)C(C)=C5CCC(=O)O)C(CCC(=O)CCCN)=C4C)c(C)c3C=C. The van der Waals surface area contributed by atoms with E-state index >= 15 is 0 Å². The molecule has 0 radical (unpaired) electrons. The van der Waals surface area contributed by atoms with Crippen molar-refractivity contribution in [3.63, 3.8) is 0 Å². The molecule has 45 heavy (non-hydrogen) atoms. The molecule has 3 aromatic rings. The number of carboxylic acids is 1. The molecule has 5 N–H and O–H groups in total. The first-order valence-electron chi connectivity index (χ1n) is 15.4. The van der Waals surface area contributed by atoms with E-state index in [1.807, 2.05) is 44.2 Å². The number of aromatic nitrogens is 4. The Kier molecular flexibility index (Phi) is 9.16. The van der Waals surface area contributed by atoms with Crippen molar-refractivity contribution in [2.45, 2.75) is 66.2 Å². The molecule has 0 amide bonds. The summed E-state index contributed by atoms with van der Waals surface area (Å²) >= 11 is 0. The second-order valence-electron chi connectivity index (χ2n) is 11.8. The molecule has 5 rings (SSSR count). The van der Waals surface area contributed by atoms with Crippen LogP contribution in [0, 0.1) is 13.8 Å². The van der Waals surface area contributed by atoms with E-state index in [4.69, 9.17) is 15.7 Å². The molecule has 2 aliphatic rings. The summed E-state index contributed by atoms with van der Waals surface area (Å²) in [5, 5.41) is 9.52. The number of carbonyl (C=O) groups excluding carboxylic acids is 1. The number of aromatic amines is 2. The van der Waals surface area contributed by atoms with Gasteiger partial charge in [0.15, 0.2) is 0 Å². The van der Waals surface area contributed by atoms with Crippen LogP contribution in [0.5, 0.6) is 0 Å². The molecular formula is C37H41N5O3. The lowest BCUT2D eigenvalue weighted by molar-refractivity contribution is -0.136. The van der Waals surface area contributed by atoms with Crippen molar-refractivity contribution in [1.82, 2.24) is 19.9 Å². The third-order valence-corrected chi connectivity index (χ3v) is 8.94. The number of carboxylic acid groups (broad SMARTS) is 1. The van der Waals surface area contributed by atoms with Crippen molar-refractivity contribution in [3.8, 4) is 0 Å². The summed E-state index contributed by atoms with van der Waals surface area (Å²) in [6.45, 7) is 16.8. The minimum atomic E-state index is -0.866. The zero-order chi connectivity index (χ0) is 32.4. The van der Waals surface area contributed by atoms with Crippen LogP contribution in [0.3, 0.4) is 0 Å². The van der Waals surface area contributed by atoms with Gasteiger partial charge >= 0.3 is 5.97 Å². The minimum Gasteiger partial charge on any atom is -0.481 e. The van der Waals surface area contributed by atoms with Crippen LogP contribution < -0.4 is 5.73 Å². The van der Waals surface area contributed by atoms with E-state index in [1.54, 1.807) is 0 Å². The number of hydrogen-bond donors (Lipinski definition) is 4. The highest BCUT2D eigenvalue weighted by Crippen LogP contribution is 2.38. The summed E-state index contributed by atoms with van der Waals surface area (Å²) in [6.07, 6.45) is 6.09. The van der Waals surface area contributed by atoms with E-state index in [9.17, 15) is 14.7 Å². The lowest BCUT2D eigenvalue weighted by Crippen LogP contribution is -2.04. The summed E-state index contributed by atoms with van der Waals surface area (Å²) in [5.41, 5.74) is 20.1. The molecule has 0 saturated carbocycles. The van der Waals surface area contributed by atoms with E-state index in [1.165, 1.54) is 0 Å². The number of fused-ring (bicyclic) bond motifs is 8. The number of nitrogens with two attached hydrogens (primary N) is 1. The van der Waals surface area contributed by atoms with Gasteiger partial charge in [-0.15, -0.1) is 0 Å². The largest absolute Gasteiger partial charge is 0.481 e. The highest BCUT2D eigenvalue weighted by molar-refractivity contribution is 5.97. The third kappa shape index (κ3) is 6.24. The Morgan fingerprint density at radius 1 is 0.733 bits per heavy atom. The molecular weight excluding hydrogens is 562 g/mol. The highest BCUT2D eigenvalue weighted by Gasteiger charge is 2.22. The van der Waals surface area contributed by atoms with Crippen molar-refractivity contribution in [3.05, 3.63) is 82.5 Å². The normalized spacial score (nSPS) is 13.0. The monoisotopic (exact) mass is 603 g/mol. The molecule has 0 aromatic carbocycles. The Hall–Kier alpha value is -4.82. The second-order valence-corrected chi connectivity index (χ2v) is 11.8. The molecule has 3 aromatic heterocycles. The molecule has 0 fully saturated rings. The first kappa shape index (κ1) is 31.6. The van der Waals surface area contributed by atoms with Crippen LogP contribution in [0.15, 0.2) is 37.4 Å². The van der Waals surface area contributed by atoms with Gasteiger partial charge in [-0.3, -0.25) is 9.59 Å². The maximum atomic E-state index is 12.7. The standard InChI is InChI=1S/C37H41N5O3/c1-7-25-20(3)29-16-30-22(5)27(12-11-24(43)10-9-15-38)35(41-30)19-36-28(13-14-37(44)45)23(6)32(42-36)18-34-26(8-2)21(4)31(40-34)17-33(25)39-29/h7-8,16-19,39-40H,1-2,9-15,38H2,3-6H3,(H,44,45). The quantitative estimate of drug-likeness (QED) is 0.175. The molecule has 8 nitrogen and oxygen atoms in total. The van der Waals surface area contributed by atoms with Crippen LogP contribution in [0.25, 0.3) is 56.5 Å². The number of carbonyl (C=O) groups is 2. The third-order valence-electron chi connectivity index (χ3n) is 8.94. The van der Waals surface area contributed by atoms with E-state index in [-0.39, 0.29) is 12.2 Å². The summed E-state index contributed by atoms with van der Waals surface area (Å²) in [4.78, 5) is 41.5. The van der Waals surface area contributed by atoms with Gasteiger partial charge in [0.25, 0.3) is 0 Å². The Balaban J connectivity index is 1.85. The fourth-order valence-electron chi connectivity index (χ4n) is 6.22. The molecule has 0 aliphatic carbocycles. The lowest BCUT2D eigenvalue weighted by atomic mass is 9.97. The van der Waals surface area contributed by atoms with Gasteiger partial charge in [-0.1, -0.05) is 25.3 Å². The summed E-state index contributed by atoms with van der Waals surface area (Å²) in [5.74, 6) is -0.693. The van der Waals surface area contributed by atoms with Gasteiger partial charge in [-0.05, 0) is 111 Å². The number of Topliss-reactive ketones (excluding diaryl/α,β-unsaturated/α-hetero) is 1. The number of allylic oxidation sites excluding steroid dienone is 4.